The fourth-order valence-corrected chi connectivity index (χ4v) is 4.45. The first kappa shape index (κ1) is 17.5. The second-order valence-electron chi connectivity index (χ2n) is 6.76. The molecule has 3 rings (SSSR count). The monoisotopic (exact) mass is 440 g/mol. The van der Waals surface area contributed by atoms with Crippen LogP contribution >= 0.6 is 30.1 Å². The molecule has 1 saturated carbocycles. The third-order valence-electron chi connectivity index (χ3n) is 5.16. The Morgan fingerprint density at radius 3 is 2.35 bits per heavy atom. The topological polar surface area (TPSA) is 25.8 Å². The molecule has 0 aliphatic heterocycles. The van der Waals surface area contributed by atoms with Crippen molar-refractivity contribution in [3.8, 4) is 11.2 Å². The van der Waals surface area contributed by atoms with E-state index in [2.05, 4.69) is 32.4 Å². The van der Waals surface area contributed by atoms with Gasteiger partial charge in [-0.25, -0.2) is 9.97 Å². The van der Waals surface area contributed by atoms with Crippen LogP contribution < -0.4 is 0 Å². The minimum Gasteiger partial charge on any atom is -0.225 e. The summed E-state index contributed by atoms with van der Waals surface area (Å²) >= 11 is 2.21. The fourth-order valence-electron chi connectivity index (χ4n) is 3.99. The van der Waals surface area contributed by atoms with E-state index in [4.69, 9.17) is 9.97 Å². The molecule has 0 atom stereocenters. The van der Waals surface area contributed by atoms with Crippen LogP contribution in [0.25, 0.3) is 0 Å². The standard InChI is InChI=1S/C19H25IN2S/c20-23-14-13-18-21-17-12-8-4-7-11-16(17)19(22-18)15-9-5-2-1-3-6-10-15/h15H,1-12H2. The SMILES string of the molecule is ISC#Cc1nc2c(c(C3CCCCCCC3)n1)CCCCC2. The quantitative estimate of drug-likeness (QED) is 0.306. The van der Waals surface area contributed by atoms with Gasteiger partial charge in [-0.2, -0.15) is 0 Å². The van der Waals surface area contributed by atoms with Gasteiger partial charge in [0.1, 0.15) is 0 Å². The fraction of sp³-hybridized carbons (Fsp3) is 0.684. The summed E-state index contributed by atoms with van der Waals surface area (Å²) in [6, 6.07) is 0. The summed E-state index contributed by atoms with van der Waals surface area (Å²) in [6.45, 7) is 0. The molecule has 1 aromatic heterocycles. The number of nitrogens with zero attached hydrogens (tertiary/aromatic N) is 2. The number of aromatic nitrogens is 2. The molecule has 4 heteroatoms. The zero-order chi connectivity index (χ0) is 15.9. The van der Waals surface area contributed by atoms with Crippen molar-refractivity contribution in [2.75, 3.05) is 0 Å². The molecule has 0 radical (unpaired) electrons. The Balaban J connectivity index is 1.97. The van der Waals surface area contributed by atoms with E-state index in [0.717, 1.165) is 12.2 Å². The molecule has 0 spiro atoms. The Morgan fingerprint density at radius 1 is 0.870 bits per heavy atom. The second-order valence-corrected chi connectivity index (χ2v) is 8.44. The van der Waals surface area contributed by atoms with Crippen LogP contribution in [0.15, 0.2) is 0 Å². The zero-order valence-corrected chi connectivity index (χ0v) is 16.7. The molecule has 0 unspecified atom stereocenters. The van der Waals surface area contributed by atoms with Crippen molar-refractivity contribution in [1.29, 1.82) is 0 Å². The van der Waals surface area contributed by atoms with Crippen LogP contribution in [0, 0.1) is 11.2 Å². The summed E-state index contributed by atoms with van der Waals surface area (Å²) in [6.07, 6.45) is 15.7. The van der Waals surface area contributed by atoms with Crippen molar-refractivity contribution in [2.24, 2.45) is 0 Å². The lowest BCUT2D eigenvalue weighted by Crippen LogP contribution is -2.13. The third kappa shape index (κ3) is 4.85. The maximum atomic E-state index is 4.96. The largest absolute Gasteiger partial charge is 0.225 e. The Labute approximate surface area is 156 Å². The van der Waals surface area contributed by atoms with E-state index in [-0.39, 0.29) is 0 Å². The average molecular weight is 440 g/mol. The molecule has 0 amide bonds. The normalized spacial score (nSPS) is 19.7. The van der Waals surface area contributed by atoms with Crippen LogP contribution in [-0.2, 0) is 12.8 Å². The lowest BCUT2D eigenvalue weighted by Gasteiger charge is -2.22. The van der Waals surface area contributed by atoms with Gasteiger partial charge in [-0.15, -0.1) is 0 Å². The van der Waals surface area contributed by atoms with E-state index in [1.165, 1.54) is 96.5 Å². The first-order valence-electron chi connectivity index (χ1n) is 9.07. The lowest BCUT2D eigenvalue weighted by molar-refractivity contribution is 0.446. The maximum absolute atomic E-state index is 4.96. The third-order valence-corrected chi connectivity index (χ3v) is 6.00. The summed E-state index contributed by atoms with van der Waals surface area (Å²) in [4.78, 5) is 9.77. The molecule has 1 aromatic rings. The van der Waals surface area contributed by atoms with E-state index in [1.807, 2.05) is 0 Å². The number of rotatable bonds is 1. The Kier molecular flexibility index (Phi) is 7.07. The van der Waals surface area contributed by atoms with Crippen molar-refractivity contribution >= 4 is 30.1 Å². The molecule has 0 aromatic carbocycles. The van der Waals surface area contributed by atoms with Crippen LogP contribution in [0.1, 0.15) is 92.9 Å². The summed E-state index contributed by atoms with van der Waals surface area (Å²) in [7, 11) is 1.51. The highest BCUT2D eigenvalue weighted by Gasteiger charge is 2.23. The van der Waals surface area contributed by atoms with Gasteiger partial charge in [-0.3, -0.25) is 0 Å². The summed E-state index contributed by atoms with van der Waals surface area (Å²) in [5.74, 6) is 4.55. The number of hydrogen-bond donors (Lipinski definition) is 0. The Hall–Kier alpha value is -0.280. The van der Waals surface area contributed by atoms with Gasteiger partial charge < -0.3 is 0 Å². The highest BCUT2D eigenvalue weighted by atomic mass is 127. The summed E-state index contributed by atoms with van der Waals surface area (Å²) in [5.41, 5.74) is 4.15. The zero-order valence-electron chi connectivity index (χ0n) is 13.7. The maximum Gasteiger partial charge on any atom is 0.206 e. The van der Waals surface area contributed by atoms with Gasteiger partial charge in [-0.05, 0) is 64.2 Å². The first-order chi connectivity index (χ1) is 11.4. The van der Waals surface area contributed by atoms with Crippen LogP contribution in [0.4, 0.5) is 0 Å². The average Bonchev–Trinajstić information content (AvgIpc) is 2.77. The van der Waals surface area contributed by atoms with Gasteiger partial charge in [0, 0.05) is 32.8 Å². The number of fused-ring (bicyclic) bond motifs is 1. The van der Waals surface area contributed by atoms with Crippen molar-refractivity contribution in [2.45, 2.75) is 83.0 Å². The van der Waals surface area contributed by atoms with E-state index < -0.39 is 0 Å². The minimum absolute atomic E-state index is 0.637. The Bertz CT molecular complexity index is 583. The highest BCUT2D eigenvalue weighted by molar-refractivity contribution is 14.2. The molecule has 0 N–H and O–H groups in total. The molecule has 1 fully saturated rings. The molecule has 2 aliphatic carbocycles. The van der Waals surface area contributed by atoms with Crippen molar-refractivity contribution in [1.82, 2.24) is 9.97 Å². The van der Waals surface area contributed by atoms with Gasteiger partial charge in [0.25, 0.3) is 0 Å². The van der Waals surface area contributed by atoms with Crippen LogP contribution in [-0.4, -0.2) is 9.97 Å². The molecule has 2 aliphatic rings. The van der Waals surface area contributed by atoms with E-state index in [0.29, 0.717) is 5.92 Å². The van der Waals surface area contributed by atoms with Gasteiger partial charge in [0.05, 0.1) is 5.69 Å². The summed E-state index contributed by atoms with van der Waals surface area (Å²) in [5, 5.41) is 3.07. The van der Waals surface area contributed by atoms with E-state index in [1.54, 1.807) is 0 Å². The van der Waals surface area contributed by atoms with Crippen molar-refractivity contribution in [3.05, 3.63) is 22.8 Å². The predicted octanol–water partition coefficient (Wildman–Crippen LogP) is 5.97. The second kappa shape index (κ2) is 9.27. The van der Waals surface area contributed by atoms with Gasteiger partial charge >= 0.3 is 0 Å². The smallest absolute Gasteiger partial charge is 0.206 e. The van der Waals surface area contributed by atoms with Crippen molar-refractivity contribution < 1.29 is 0 Å². The summed E-state index contributed by atoms with van der Waals surface area (Å²) < 4.78 is 0. The molecule has 0 saturated heterocycles. The first-order valence-corrected chi connectivity index (χ1v) is 12.4. The number of aryl methyl sites for hydroxylation is 1. The molecule has 2 nitrogen and oxygen atoms in total. The molecular formula is C19H25IN2S. The Morgan fingerprint density at radius 2 is 1.57 bits per heavy atom. The molecule has 1 heterocycles. The van der Waals surface area contributed by atoms with Crippen LogP contribution in [0.3, 0.4) is 0 Å². The minimum atomic E-state index is 0.637. The highest BCUT2D eigenvalue weighted by Crippen LogP contribution is 2.34. The van der Waals surface area contributed by atoms with E-state index >= 15 is 0 Å². The number of hydrogen-bond acceptors (Lipinski definition) is 3. The molecule has 124 valence electrons. The van der Waals surface area contributed by atoms with Crippen LogP contribution in [0.2, 0.25) is 0 Å². The molecular weight excluding hydrogens is 415 g/mol. The molecule has 0 bridgehead atoms. The predicted molar refractivity (Wildman–Crippen MR) is 107 cm³/mol. The molecule has 23 heavy (non-hydrogen) atoms. The van der Waals surface area contributed by atoms with Crippen molar-refractivity contribution in [3.63, 3.8) is 0 Å². The lowest BCUT2D eigenvalue weighted by atomic mass is 9.85. The van der Waals surface area contributed by atoms with Gasteiger partial charge in [0.2, 0.25) is 5.82 Å². The van der Waals surface area contributed by atoms with Gasteiger partial charge in [-0.1, -0.05) is 38.5 Å². The van der Waals surface area contributed by atoms with Crippen LogP contribution in [0.5, 0.6) is 0 Å². The number of halogens is 1. The van der Waals surface area contributed by atoms with E-state index in [9.17, 15) is 0 Å². The van der Waals surface area contributed by atoms with Gasteiger partial charge in [0.15, 0.2) is 0 Å².